The Balaban J connectivity index is 1.72. The van der Waals surface area contributed by atoms with Gasteiger partial charge < -0.3 is 14.6 Å². The van der Waals surface area contributed by atoms with Crippen LogP contribution in [0.4, 0.5) is 5.82 Å². The standard InChI is InChI=1S/C18H16ClN3O3/c1-11-3-6-14(7-4-11)24-10-15-12(2)25-22-17(15)18(23)21-16-8-5-13(19)9-20-16/h3-9H,10H2,1-2H3,(H,20,21,23). The smallest absolute Gasteiger partial charge is 0.279 e. The first-order valence-corrected chi connectivity index (χ1v) is 7.98. The fourth-order valence-electron chi connectivity index (χ4n) is 2.15. The molecule has 6 nitrogen and oxygen atoms in total. The van der Waals surface area contributed by atoms with Crippen LogP contribution >= 0.6 is 11.6 Å². The number of carbonyl (C=O) groups excluding carboxylic acids is 1. The molecule has 1 aromatic carbocycles. The van der Waals surface area contributed by atoms with E-state index in [0.717, 1.165) is 5.56 Å². The number of aryl methyl sites for hydroxylation is 2. The van der Waals surface area contributed by atoms with Gasteiger partial charge in [0.15, 0.2) is 5.69 Å². The number of nitrogens with zero attached hydrogens (tertiary/aromatic N) is 2. The van der Waals surface area contributed by atoms with Gasteiger partial charge in [0.1, 0.15) is 23.9 Å². The van der Waals surface area contributed by atoms with Gasteiger partial charge in [-0.25, -0.2) is 4.98 Å². The summed E-state index contributed by atoms with van der Waals surface area (Å²) < 4.78 is 10.9. The monoisotopic (exact) mass is 357 g/mol. The zero-order chi connectivity index (χ0) is 17.8. The Morgan fingerprint density at radius 3 is 2.64 bits per heavy atom. The number of rotatable bonds is 5. The van der Waals surface area contributed by atoms with E-state index in [-0.39, 0.29) is 12.3 Å². The van der Waals surface area contributed by atoms with E-state index in [1.807, 2.05) is 31.2 Å². The average molecular weight is 358 g/mol. The van der Waals surface area contributed by atoms with Gasteiger partial charge in [-0.05, 0) is 38.1 Å². The van der Waals surface area contributed by atoms with Crippen molar-refractivity contribution in [3.05, 3.63) is 70.2 Å². The summed E-state index contributed by atoms with van der Waals surface area (Å²) in [6, 6.07) is 10.9. The average Bonchev–Trinajstić information content (AvgIpc) is 2.97. The van der Waals surface area contributed by atoms with Gasteiger partial charge in [0.2, 0.25) is 0 Å². The van der Waals surface area contributed by atoms with E-state index in [0.29, 0.717) is 27.9 Å². The maximum absolute atomic E-state index is 12.4. The summed E-state index contributed by atoms with van der Waals surface area (Å²) in [5.41, 5.74) is 1.90. The molecule has 0 aliphatic carbocycles. The number of aromatic nitrogens is 2. The molecule has 0 unspecified atom stereocenters. The molecule has 0 saturated heterocycles. The molecule has 0 fully saturated rings. The number of pyridine rings is 1. The molecule has 2 aromatic heterocycles. The van der Waals surface area contributed by atoms with E-state index in [9.17, 15) is 4.79 Å². The normalized spacial score (nSPS) is 10.5. The van der Waals surface area contributed by atoms with Crippen LogP contribution in [0.1, 0.15) is 27.4 Å². The summed E-state index contributed by atoms with van der Waals surface area (Å²) >= 11 is 5.78. The van der Waals surface area contributed by atoms with E-state index in [4.69, 9.17) is 20.9 Å². The van der Waals surface area contributed by atoms with Crippen molar-refractivity contribution < 1.29 is 14.1 Å². The highest BCUT2D eigenvalue weighted by molar-refractivity contribution is 6.30. The SMILES string of the molecule is Cc1ccc(OCc2c(C(=O)Nc3ccc(Cl)cn3)noc2C)cc1. The van der Waals surface area contributed by atoms with Crippen molar-refractivity contribution in [2.24, 2.45) is 0 Å². The fourth-order valence-corrected chi connectivity index (χ4v) is 2.27. The molecule has 7 heteroatoms. The first-order chi connectivity index (χ1) is 12.0. The number of nitrogens with one attached hydrogen (secondary N) is 1. The summed E-state index contributed by atoms with van der Waals surface area (Å²) in [7, 11) is 0. The third-order valence-corrected chi connectivity index (χ3v) is 3.80. The number of hydrogen-bond donors (Lipinski definition) is 1. The predicted octanol–water partition coefficient (Wildman–Crippen LogP) is 4.17. The Bertz CT molecular complexity index is 874. The summed E-state index contributed by atoms with van der Waals surface area (Å²) in [6.07, 6.45) is 1.45. The Labute approximate surface area is 149 Å². The highest BCUT2D eigenvalue weighted by atomic mass is 35.5. The van der Waals surface area contributed by atoms with Crippen molar-refractivity contribution in [3.63, 3.8) is 0 Å². The number of anilines is 1. The second-order valence-electron chi connectivity index (χ2n) is 5.48. The van der Waals surface area contributed by atoms with E-state index < -0.39 is 5.91 Å². The van der Waals surface area contributed by atoms with Crippen molar-refractivity contribution in [1.29, 1.82) is 0 Å². The Morgan fingerprint density at radius 1 is 1.20 bits per heavy atom. The van der Waals surface area contributed by atoms with Gasteiger partial charge >= 0.3 is 0 Å². The number of carbonyl (C=O) groups is 1. The Kier molecular flexibility index (Phi) is 5.00. The molecular formula is C18H16ClN3O3. The molecule has 0 aliphatic heterocycles. The lowest BCUT2D eigenvalue weighted by Gasteiger charge is -2.07. The van der Waals surface area contributed by atoms with Gasteiger partial charge in [-0.2, -0.15) is 0 Å². The van der Waals surface area contributed by atoms with Crippen LogP contribution in [0.25, 0.3) is 0 Å². The van der Waals surface area contributed by atoms with Crippen LogP contribution in [0.2, 0.25) is 5.02 Å². The van der Waals surface area contributed by atoms with Gasteiger partial charge in [0.05, 0.1) is 10.6 Å². The lowest BCUT2D eigenvalue weighted by molar-refractivity contribution is 0.101. The maximum atomic E-state index is 12.4. The number of halogens is 1. The number of ether oxygens (including phenoxy) is 1. The van der Waals surface area contributed by atoms with Crippen LogP contribution < -0.4 is 10.1 Å². The zero-order valence-corrected chi connectivity index (χ0v) is 14.5. The van der Waals surface area contributed by atoms with Crippen molar-refractivity contribution in [1.82, 2.24) is 10.1 Å². The largest absolute Gasteiger partial charge is 0.489 e. The molecule has 3 aromatic rings. The van der Waals surface area contributed by atoms with Crippen molar-refractivity contribution in [2.75, 3.05) is 5.32 Å². The third kappa shape index (κ3) is 4.16. The molecule has 1 amide bonds. The summed E-state index contributed by atoms with van der Waals surface area (Å²) in [5.74, 6) is 1.19. The van der Waals surface area contributed by atoms with Crippen molar-refractivity contribution >= 4 is 23.3 Å². The van der Waals surface area contributed by atoms with E-state index >= 15 is 0 Å². The van der Waals surface area contributed by atoms with Gasteiger partial charge in [0, 0.05) is 6.20 Å². The second kappa shape index (κ2) is 7.36. The zero-order valence-electron chi connectivity index (χ0n) is 13.7. The molecule has 1 N–H and O–H groups in total. The summed E-state index contributed by atoms with van der Waals surface area (Å²) in [5, 5.41) is 6.98. The highest BCUT2D eigenvalue weighted by Gasteiger charge is 2.20. The number of hydrogen-bond acceptors (Lipinski definition) is 5. The molecule has 0 spiro atoms. The fraction of sp³-hybridized carbons (Fsp3) is 0.167. The Hall–Kier alpha value is -2.86. The molecule has 0 bridgehead atoms. The molecule has 3 rings (SSSR count). The minimum Gasteiger partial charge on any atom is -0.489 e. The van der Waals surface area contributed by atoms with Crippen LogP contribution in [0, 0.1) is 13.8 Å². The maximum Gasteiger partial charge on any atom is 0.279 e. The minimum absolute atomic E-state index is 0.168. The molecular weight excluding hydrogens is 342 g/mol. The van der Waals surface area contributed by atoms with Gasteiger partial charge in [0.25, 0.3) is 5.91 Å². The summed E-state index contributed by atoms with van der Waals surface area (Å²) in [4.78, 5) is 16.5. The van der Waals surface area contributed by atoms with Crippen LogP contribution in [-0.2, 0) is 6.61 Å². The molecule has 0 atom stereocenters. The van der Waals surface area contributed by atoms with Crippen LogP contribution in [0.3, 0.4) is 0 Å². The molecule has 0 aliphatic rings. The molecule has 2 heterocycles. The van der Waals surface area contributed by atoms with Gasteiger partial charge in [-0.1, -0.05) is 34.5 Å². The molecule has 0 radical (unpaired) electrons. The second-order valence-corrected chi connectivity index (χ2v) is 5.92. The van der Waals surface area contributed by atoms with Gasteiger partial charge in [-0.3, -0.25) is 4.79 Å². The lowest BCUT2D eigenvalue weighted by Crippen LogP contribution is -2.16. The molecule has 25 heavy (non-hydrogen) atoms. The predicted molar refractivity (Wildman–Crippen MR) is 94.0 cm³/mol. The molecule has 128 valence electrons. The number of benzene rings is 1. The summed E-state index contributed by atoms with van der Waals surface area (Å²) in [6.45, 7) is 3.91. The minimum atomic E-state index is -0.422. The lowest BCUT2D eigenvalue weighted by atomic mass is 10.2. The number of amides is 1. The highest BCUT2D eigenvalue weighted by Crippen LogP contribution is 2.19. The Morgan fingerprint density at radius 2 is 1.96 bits per heavy atom. The first kappa shape index (κ1) is 17.0. The molecule has 0 saturated carbocycles. The van der Waals surface area contributed by atoms with Crippen molar-refractivity contribution in [3.8, 4) is 5.75 Å². The topological polar surface area (TPSA) is 77.2 Å². The van der Waals surface area contributed by atoms with Crippen LogP contribution in [0.15, 0.2) is 47.1 Å². The first-order valence-electron chi connectivity index (χ1n) is 7.60. The third-order valence-electron chi connectivity index (χ3n) is 3.57. The van der Waals surface area contributed by atoms with E-state index in [1.165, 1.54) is 6.20 Å². The van der Waals surface area contributed by atoms with E-state index in [2.05, 4.69) is 15.5 Å². The van der Waals surface area contributed by atoms with Crippen LogP contribution in [0.5, 0.6) is 5.75 Å². The quantitative estimate of drug-likeness (QED) is 0.741. The van der Waals surface area contributed by atoms with Gasteiger partial charge in [-0.15, -0.1) is 0 Å². The van der Waals surface area contributed by atoms with E-state index in [1.54, 1.807) is 19.1 Å². The van der Waals surface area contributed by atoms with Crippen molar-refractivity contribution in [2.45, 2.75) is 20.5 Å². The van der Waals surface area contributed by atoms with Crippen LogP contribution in [-0.4, -0.2) is 16.0 Å².